The molecule has 1 amide bonds. The van der Waals surface area contributed by atoms with E-state index in [9.17, 15) is 4.79 Å². The number of aryl methyl sites for hydroxylation is 2. The van der Waals surface area contributed by atoms with Crippen molar-refractivity contribution in [3.05, 3.63) is 29.3 Å². The molecule has 0 aliphatic carbocycles. The van der Waals surface area contributed by atoms with Crippen molar-refractivity contribution in [1.82, 2.24) is 5.32 Å². The molecule has 0 heterocycles. The fourth-order valence-electron chi connectivity index (χ4n) is 1.95. The summed E-state index contributed by atoms with van der Waals surface area (Å²) in [4.78, 5) is 13.0. The summed E-state index contributed by atoms with van der Waals surface area (Å²) in [5, 5.41) is 11.9. The SMILES string of the molecule is CCC(CCO)CNC(=O)CSc1cc(C)ccc1C. The maximum atomic E-state index is 11.8. The van der Waals surface area contributed by atoms with E-state index in [0.717, 1.165) is 12.8 Å². The van der Waals surface area contributed by atoms with Gasteiger partial charge in [0.25, 0.3) is 0 Å². The molecule has 1 atom stereocenters. The predicted octanol–water partition coefficient (Wildman–Crippen LogP) is 2.92. The van der Waals surface area contributed by atoms with Gasteiger partial charge in [-0.25, -0.2) is 0 Å². The van der Waals surface area contributed by atoms with Crippen LogP contribution in [0.5, 0.6) is 0 Å². The number of nitrogens with one attached hydrogen (secondary N) is 1. The largest absolute Gasteiger partial charge is 0.396 e. The van der Waals surface area contributed by atoms with Gasteiger partial charge in [0.15, 0.2) is 0 Å². The highest BCUT2D eigenvalue weighted by molar-refractivity contribution is 8.00. The lowest BCUT2D eigenvalue weighted by Crippen LogP contribution is -2.30. The second-order valence-corrected chi connectivity index (χ2v) is 6.17. The molecule has 4 heteroatoms. The zero-order chi connectivity index (χ0) is 15.0. The lowest BCUT2D eigenvalue weighted by Gasteiger charge is -2.14. The predicted molar refractivity (Wildman–Crippen MR) is 85.1 cm³/mol. The van der Waals surface area contributed by atoms with Crippen molar-refractivity contribution in [3.63, 3.8) is 0 Å². The van der Waals surface area contributed by atoms with Crippen LogP contribution in [-0.2, 0) is 4.79 Å². The zero-order valence-electron chi connectivity index (χ0n) is 12.6. The van der Waals surface area contributed by atoms with Crippen LogP contribution in [0.1, 0.15) is 30.9 Å². The van der Waals surface area contributed by atoms with Crippen LogP contribution in [0.15, 0.2) is 23.1 Å². The Morgan fingerprint density at radius 1 is 1.40 bits per heavy atom. The number of carbonyl (C=O) groups excluding carboxylic acids is 1. The fourth-order valence-corrected chi connectivity index (χ4v) is 2.90. The van der Waals surface area contributed by atoms with E-state index in [2.05, 4.69) is 44.3 Å². The number of thioether (sulfide) groups is 1. The second-order valence-electron chi connectivity index (χ2n) is 5.15. The fraction of sp³-hybridized carbons (Fsp3) is 0.562. The van der Waals surface area contributed by atoms with E-state index in [1.807, 2.05) is 0 Å². The first-order chi connectivity index (χ1) is 9.56. The molecule has 0 bridgehead atoms. The van der Waals surface area contributed by atoms with E-state index in [-0.39, 0.29) is 12.5 Å². The number of carbonyl (C=O) groups is 1. The van der Waals surface area contributed by atoms with Gasteiger partial charge < -0.3 is 10.4 Å². The molecule has 1 unspecified atom stereocenters. The molecule has 0 fully saturated rings. The first-order valence-electron chi connectivity index (χ1n) is 7.14. The molecule has 3 nitrogen and oxygen atoms in total. The standard InChI is InChI=1S/C16H25NO2S/c1-4-14(7-8-18)10-17-16(19)11-20-15-9-12(2)5-6-13(15)3/h5-6,9,14,18H,4,7-8,10-11H2,1-3H3,(H,17,19). The average Bonchev–Trinajstić information content (AvgIpc) is 2.44. The first kappa shape index (κ1) is 17.1. The highest BCUT2D eigenvalue weighted by Crippen LogP contribution is 2.23. The van der Waals surface area contributed by atoms with Crippen molar-refractivity contribution in [2.75, 3.05) is 18.9 Å². The molecule has 0 aromatic heterocycles. The molecular formula is C16H25NO2S. The Morgan fingerprint density at radius 2 is 2.15 bits per heavy atom. The Morgan fingerprint density at radius 3 is 2.80 bits per heavy atom. The van der Waals surface area contributed by atoms with Crippen LogP contribution in [0.4, 0.5) is 0 Å². The summed E-state index contributed by atoms with van der Waals surface area (Å²) < 4.78 is 0. The zero-order valence-corrected chi connectivity index (χ0v) is 13.4. The molecule has 0 saturated heterocycles. The molecule has 1 aromatic rings. The molecule has 0 saturated carbocycles. The number of benzene rings is 1. The normalized spacial score (nSPS) is 12.2. The second kappa shape index (κ2) is 9.03. The van der Waals surface area contributed by atoms with E-state index in [1.165, 1.54) is 16.0 Å². The van der Waals surface area contributed by atoms with E-state index >= 15 is 0 Å². The Bertz CT molecular complexity index is 434. The molecule has 1 rings (SSSR count). The van der Waals surface area contributed by atoms with Gasteiger partial charge in [-0.05, 0) is 37.8 Å². The van der Waals surface area contributed by atoms with Crippen LogP contribution in [-0.4, -0.2) is 29.9 Å². The maximum Gasteiger partial charge on any atom is 0.230 e. The van der Waals surface area contributed by atoms with Crippen LogP contribution < -0.4 is 5.32 Å². The minimum Gasteiger partial charge on any atom is -0.396 e. The highest BCUT2D eigenvalue weighted by Gasteiger charge is 2.09. The van der Waals surface area contributed by atoms with Gasteiger partial charge in [-0.2, -0.15) is 0 Å². The Labute approximate surface area is 126 Å². The minimum atomic E-state index is 0.0623. The number of amides is 1. The minimum absolute atomic E-state index is 0.0623. The van der Waals surface area contributed by atoms with Crippen molar-refractivity contribution in [2.24, 2.45) is 5.92 Å². The van der Waals surface area contributed by atoms with Crippen molar-refractivity contribution in [3.8, 4) is 0 Å². The number of aliphatic hydroxyl groups excluding tert-OH is 1. The smallest absolute Gasteiger partial charge is 0.230 e. The third kappa shape index (κ3) is 5.97. The van der Waals surface area contributed by atoms with Gasteiger partial charge >= 0.3 is 0 Å². The summed E-state index contributed by atoms with van der Waals surface area (Å²) in [6, 6.07) is 6.29. The molecule has 2 N–H and O–H groups in total. The van der Waals surface area contributed by atoms with Crippen LogP contribution in [0.25, 0.3) is 0 Å². The molecule has 20 heavy (non-hydrogen) atoms. The Balaban J connectivity index is 2.37. The van der Waals surface area contributed by atoms with Gasteiger partial charge in [-0.1, -0.05) is 31.0 Å². The number of hydrogen-bond donors (Lipinski definition) is 2. The summed E-state index contributed by atoms with van der Waals surface area (Å²) in [6.07, 6.45) is 1.73. The summed E-state index contributed by atoms with van der Waals surface area (Å²) in [6.45, 7) is 7.05. The van der Waals surface area contributed by atoms with E-state index in [1.54, 1.807) is 11.8 Å². The third-order valence-corrected chi connectivity index (χ3v) is 4.56. The molecule has 0 aliphatic rings. The Kier molecular flexibility index (Phi) is 7.70. The molecule has 0 radical (unpaired) electrons. The maximum absolute atomic E-state index is 11.8. The monoisotopic (exact) mass is 295 g/mol. The quantitative estimate of drug-likeness (QED) is 0.725. The van der Waals surface area contributed by atoms with Crippen LogP contribution in [0, 0.1) is 19.8 Å². The van der Waals surface area contributed by atoms with Crippen LogP contribution >= 0.6 is 11.8 Å². The van der Waals surface area contributed by atoms with Gasteiger partial charge in [-0.15, -0.1) is 11.8 Å². The summed E-state index contributed by atoms with van der Waals surface area (Å²) in [7, 11) is 0. The lowest BCUT2D eigenvalue weighted by atomic mass is 10.0. The van der Waals surface area contributed by atoms with Crippen molar-refractivity contribution >= 4 is 17.7 Å². The molecule has 0 spiro atoms. The van der Waals surface area contributed by atoms with Crippen molar-refractivity contribution in [1.29, 1.82) is 0 Å². The third-order valence-electron chi connectivity index (χ3n) is 3.41. The van der Waals surface area contributed by atoms with Crippen LogP contribution in [0.3, 0.4) is 0 Å². The van der Waals surface area contributed by atoms with E-state index in [0.29, 0.717) is 18.2 Å². The van der Waals surface area contributed by atoms with Gasteiger partial charge in [0, 0.05) is 18.0 Å². The number of hydrogen-bond acceptors (Lipinski definition) is 3. The van der Waals surface area contributed by atoms with E-state index in [4.69, 9.17) is 5.11 Å². The molecule has 0 aliphatic heterocycles. The summed E-state index contributed by atoms with van der Waals surface area (Å²) in [5.74, 6) is 0.877. The summed E-state index contributed by atoms with van der Waals surface area (Å²) >= 11 is 1.58. The molecule has 112 valence electrons. The van der Waals surface area contributed by atoms with Gasteiger partial charge in [0.1, 0.15) is 0 Å². The van der Waals surface area contributed by atoms with Crippen LogP contribution in [0.2, 0.25) is 0 Å². The lowest BCUT2D eigenvalue weighted by molar-refractivity contribution is -0.118. The Hall–Kier alpha value is -1.00. The highest BCUT2D eigenvalue weighted by atomic mass is 32.2. The summed E-state index contributed by atoms with van der Waals surface area (Å²) in [5.41, 5.74) is 2.42. The topological polar surface area (TPSA) is 49.3 Å². The number of aliphatic hydroxyl groups is 1. The van der Waals surface area contributed by atoms with E-state index < -0.39 is 0 Å². The number of rotatable bonds is 8. The van der Waals surface area contributed by atoms with Gasteiger partial charge in [0.05, 0.1) is 5.75 Å². The first-order valence-corrected chi connectivity index (χ1v) is 8.13. The average molecular weight is 295 g/mol. The van der Waals surface area contributed by atoms with Crippen molar-refractivity contribution in [2.45, 2.75) is 38.5 Å². The molecule has 1 aromatic carbocycles. The van der Waals surface area contributed by atoms with Crippen molar-refractivity contribution < 1.29 is 9.90 Å². The van der Waals surface area contributed by atoms with Gasteiger partial charge in [-0.3, -0.25) is 4.79 Å². The molecular weight excluding hydrogens is 270 g/mol. The van der Waals surface area contributed by atoms with Gasteiger partial charge in [0.2, 0.25) is 5.91 Å².